The second kappa shape index (κ2) is 6.38. The Kier molecular flexibility index (Phi) is 4.58. The molecule has 4 heteroatoms. The summed E-state index contributed by atoms with van der Waals surface area (Å²) in [5, 5.41) is 0.330. The summed E-state index contributed by atoms with van der Waals surface area (Å²) >= 11 is 3.15. The van der Waals surface area contributed by atoms with Crippen molar-refractivity contribution in [2.75, 3.05) is 11.1 Å². The van der Waals surface area contributed by atoms with E-state index in [0.29, 0.717) is 17.5 Å². The van der Waals surface area contributed by atoms with E-state index in [-0.39, 0.29) is 5.78 Å². The summed E-state index contributed by atoms with van der Waals surface area (Å²) in [5.41, 5.74) is 8.11. The fourth-order valence-electron chi connectivity index (χ4n) is 1.66. The van der Waals surface area contributed by atoms with Crippen molar-refractivity contribution in [1.82, 2.24) is 0 Å². The molecule has 0 aromatic heterocycles. The lowest BCUT2D eigenvalue weighted by molar-refractivity contribution is 0.102. The van der Waals surface area contributed by atoms with Gasteiger partial charge in [0.15, 0.2) is 5.78 Å². The largest absolute Gasteiger partial charge is 0.489 e. The fraction of sp³-hybridized carbons (Fsp3) is 0.133. The zero-order valence-corrected chi connectivity index (χ0v) is 11.9. The molecule has 0 aliphatic rings. The number of halogens is 1. The van der Waals surface area contributed by atoms with Gasteiger partial charge in [0.2, 0.25) is 0 Å². The highest BCUT2D eigenvalue weighted by Crippen LogP contribution is 2.16. The highest BCUT2D eigenvalue weighted by Gasteiger charge is 2.03. The smallest absolute Gasteiger partial charge is 0.173 e. The summed E-state index contributed by atoms with van der Waals surface area (Å²) in [5.74, 6) is 0.788. The fourth-order valence-corrected chi connectivity index (χ4v) is 1.99. The number of ketones is 1. The minimum Gasteiger partial charge on any atom is -0.489 e. The number of anilines is 1. The molecule has 0 saturated carbocycles. The second-order valence-electron chi connectivity index (χ2n) is 4.11. The van der Waals surface area contributed by atoms with Gasteiger partial charge in [-0.2, -0.15) is 0 Å². The van der Waals surface area contributed by atoms with Crippen molar-refractivity contribution < 1.29 is 9.53 Å². The second-order valence-corrected chi connectivity index (χ2v) is 4.68. The lowest BCUT2D eigenvalue weighted by Gasteiger charge is -2.07. The molecule has 0 bridgehead atoms. The van der Waals surface area contributed by atoms with Crippen LogP contribution in [0, 0.1) is 0 Å². The van der Waals surface area contributed by atoms with Gasteiger partial charge in [0.25, 0.3) is 0 Å². The van der Waals surface area contributed by atoms with Crippen molar-refractivity contribution in [3.05, 3.63) is 59.7 Å². The minimum absolute atomic E-state index is 0.0578. The monoisotopic (exact) mass is 319 g/mol. The number of carbonyl (C=O) groups excluding carboxylic acids is 1. The van der Waals surface area contributed by atoms with E-state index in [1.54, 1.807) is 24.3 Å². The number of ether oxygens (including phenoxy) is 1. The molecule has 0 unspecified atom stereocenters. The number of Topliss-reactive ketones (excluding diaryl/α,β-unsaturated/α-hetero) is 1. The summed E-state index contributed by atoms with van der Waals surface area (Å²) < 4.78 is 5.64. The van der Waals surface area contributed by atoms with Gasteiger partial charge in [-0.3, -0.25) is 4.79 Å². The highest BCUT2D eigenvalue weighted by atomic mass is 79.9. The van der Waals surface area contributed by atoms with Gasteiger partial charge < -0.3 is 10.5 Å². The van der Waals surface area contributed by atoms with Gasteiger partial charge in [-0.25, -0.2) is 0 Å². The SMILES string of the molecule is Nc1cccc(COc2ccc(C(=O)CBr)cc2)c1. The Morgan fingerprint density at radius 1 is 1.16 bits per heavy atom. The zero-order chi connectivity index (χ0) is 13.7. The van der Waals surface area contributed by atoms with E-state index in [9.17, 15) is 4.79 Å². The number of nitrogen functional groups attached to an aromatic ring is 1. The van der Waals surface area contributed by atoms with Crippen molar-refractivity contribution in [1.29, 1.82) is 0 Å². The van der Waals surface area contributed by atoms with Crippen LogP contribution in [0.1, 0.15) is 15.9 Å². The van der Waals surface area contributed by atoms with Gasteiger partial charge in [-0.15, -0.1) is 0 Å². The molecule has 0 heterocycles. The van der Waals surface area contributed by atoms with E-state index < -0.39 is 0 Å². The molecule has 98 valence electrons. The van der Waals surface area contributed by atoms with Gasteiger partial charge >= 0.3 is 0 Å². The van der Waals surface area contributed by atoms with E-state index in [4.69, 9.17) is 10.5 Å². The lowest BCUT2D eigenvalue weighted by Crippen LogP contribution is -2.00. The van der Waals surface area contributed by atoms with E-state index in [2.05, 4.69) is 15.9 Å². The summed E-state index contributed by atoms with van der Waals surface area (Å²) in [6.45, 7) is 0.455. The first-order valence-electron chi connectivity index (χ1n) is 5.85. The predicted molar refractivity (Wildman–Crippen MR) is 79.8 cm³/mol. The van der Waals surface area contributed by atoms with Crippen molar-refractivity contribution in [3.63, 3.8) is 0 Å². The molecule has 0 aliphatic carbocycles. The number of benzene rings is 2. The van der Waals surface area contributed by atoms with Crippen LogP contribution in [0.25, 0.3) is 0 Å². The van der Waals surface area contributed by atoms with Gasteiger partial charge in [0.05, 0.1) is 5.33 Å². The van der Waals surface area contributed by atoms with Crippen molar-refractivity contribution in [2.24, 2.45) is 0 Å². The molecule has 0 fully saturated rings. The van der Waals surface area contributed by atoms with Crippen LogP contribution in [0.2, 0.25) is 0 Å². The van der Waals surface area contributed by atoms with Gasteiger partial charge in [0.1, 0.15) is 12.4 Å². The standard InChI is InChI=1S/C15H14BrNO2/c16-9-15(18)12-4-6-14(7-5-12)19-10-11-2-1-3-13(17)8-11/h1-8H,9-10,17H2. The number of carbonyl (C=O) groups is 1. The topological polar surface area (TPSA) is 52.3 Å². The maximum absolute atomic E-state index is 11.4. The number of hydrogen-bond donors (Lipinski definition) is 1. The molecule has 0 saturated heterocycles. The summed E-state index contributed by atoms with van der Waals surface area (Å²) in [6, 6.07) is 14.7. The maximum Gasteiger partial charge on any atom is 0.173 e. The number of rotatable bonds is 5. The Balaban J connectivity index is 1.98. The van der Waals surface area contributed by atoms with Gasteiger partial charge in [-0.05, 0) is 42.0 Å². The van der Waals surface area contributed by atoms with Gasteiger partial charge in [-0.1, -0.05) is 28.1 Å². The first-order valence-corrected chi connectivity index (χ1v) is 6.97. The van der Waals surface area contributed by atoms with Crippen molar-refractivity contribution >= 4 is 27.4 Å². The Morgan fingerprint density at radius 2 is 1.89 bits per heavy atom. The third kappa shape index (κ3) is 3.83. The van der Waals surface area contributed by atoms with Crippen LogP contribution < -0.4 is 10.5 Å². The number of hydrogen-bond acceptors (Lipinski definition) is 3. The number of nitrogens with two attached hydrogens (primary N) is 1. The molecule has 2 rings (SSSR count). The molecule has 0 spiro atoms. The molecule has 2 N–H and O–H groups in total. The first kappa shape index (κ1) is 13.6. The van der Waals surface area contributed by atoms with Crippen LogP contribution in [0.3, 0.4) is 0 Å². The Hall–Kier alpha value is -1.81. The molecule has 19 heavy (non-hydrogen) atoms. The molecule has 2 aromatic rings. The molecular formula is C15H14BrNO2. The average molecular weight is 320 g/mol. The summed E-state index contributed by atoms with van der Waals surface area (Å²) in [4.78, 5) is 11.4. The van der Waals surface area contributed by atoms with E-state index in [1.807, 2.05) is 24.3 Å². The molecule has 0 atom stereocenters. The van der Waals surface area contributed by atoms with Gasteiger partial charge in [0, 0.05) is 11.3 Å². The normalized spacial score (nSPS) is 10.2. The zero-order valence-electron chi connectivity index (χ0n) is 10.3. The molecule has 0 radical (unpaired) electrons. The average Bonchev–Trinajstić information content (AvgIpc) is 2.45. The van der Waals surface area contributed by atoms with E-state index >= 15 is 0 Å². The molecule has 2 aromatic carbocycles. The summed E-state index contributed by atoms with van der Waals surface area (Å²) in [7, 11) is 0. The number of alkyl halides is 1. The van der Waals surface area contributed by atoms with E-state index in [0.717, 1.165) is 17.0 Å². The molecule has 0 amide bonds. The predicted octanol–water partition coefficient (Wildman–Crippen LogP) is 3.43. The Morgan fingerprint density at radius 3 is 2.53 bits per heavy atom. The molecule has 3 nitrogen and oxygen atoms in total. The Labute approximate surface area is 120 Å². The maximum atomic E-state index is 11.4. The highest BCUT2D eigenvalue weighted by molar-refractivity contribution is 9.09. The van der Waals surface area contributed by atoms with Crippen LogP contribution in [-0.4, -0.2) is 11.1 Å². The quantitative estimate of drug-likeness (QED) is 0.522. The minimum atomic E-state index is 0.0578. The van der Waals surface area contributed by atoms with Crippen LogP contribution in [0.15, 0.2) is 48.5 Å². The summed E-state index contributed by atoms with van der Waals surface area (Å²) in [6.07, 6.45) is 0. The molecular weight excluding hydrogens is 306 g/mol. The van der Waals surface area contributed by atoms with Crippen LogP contribution in [0.4, 0.5) is 5.69 Å². The van der Waals surface area contributed by atoms with Crippen molar-refractivity contribution in [2.45, 2.75) is 6.61 Å². The van der Waals surface area contributed by atoms with E-state index in [1.165, 1.54) is 0 Å². The Bertz CT molecular complexity index is 567. The third-order valence-electron chi connectivity index (χ3n) is 2.65. The first-order chi connectivity index (χ1) is 9.19. The van der Waals surface area contributed by atoms with Crippen LogP contribution >= 0.6 is 15.9 Å². The van der Waals surface area contributed by atoms with Crippen molar-refractivity contribution in [3.8, 4) is 5.75 Å². The molecule has 0 aliphatic heterocycles. The van der Waals surface area contributed by atoms with Crippen LogP contribution in [0.5, 0.6) is 5.75 Å². The third-order valence-corrected chi connectivity index (χ3v) is 3.16. The lowest BCUT2D eigenvalue weighted by atomic mass is 10.1. The van der Waals surface area contributed by atoms with Crippen LogP contribution in [-0.2, 0) is 6.61 Å².